The molecule has 216 valence electrons. The molecule has 4 N–H and O–H groups in total. The van der Waals surface area contributed by atoms with Gasteiger partial charge in [-0.05, 0) is 91.8 Å². The Bertz CT molecular complexity index is 1660. The minimum absolute atomic E-state index is 0.124. The van der Waals surface area contributed by atoms with Gasteiger partial charge in [0, 0.05) is 39.3 Å². The Balaban J connectivity index is 0.00000198. The highest BCUT2D eigenvalue weighted by Crippen LogP contribution is 2.33. The number of terminal acetylenes is 1. The molecule has 0 aliphatic heterocycles. The number of hydrogen-bond donors (Lipinski definition) is 3. The van der Waals surface area contributed by atoms with E-state index in [1.165, 1.54) is 30.2 Å². The van der Waals surface area contributed by atoms with Crippen LogP contribution >= 0.6 is 11.3 Å². The number of anilines is 1. The second-order valence-corrected chi connectivity index (χ2v) is 11.7. The average molecular weight is 580 g/mol. The van der Waals surface area contributed by atoms with E-state index >= 15 is 4.39 Å². The number of H-pyrrole nitrogens is 1. The fourth-order valence-corrected chi connectivity index (χ4v) is 6.28. The third-order valence-electron chi connectivity index (χ3n) is 7.60. The van der Waals surface area contributed by atoms with Crippen molar-refractivity contribution in [2.24, 2.45) is 5.92 Å². The second-order valence-electron chi connectivity index (χ2n) is 10.4. The number of nitrogen functional groups attached to an aromatic ring is 1. The summed E-state index contributed by atoms with van der Waals surface area (Å²) >= 11 is 1.72. The Kier molecular flexibility index (Phi) is 10.2. The molecular formula is C35H38FN5S. The van der Waals surface area contributed by atoms with Crippen LogP contribution in [-0.2, 0) is 6.42 Å². The number of halogens is 1. The van der Waals surface area contributed by atoms with Gasteiger partial charge in [0.05, 0.1) is 11.2 Å². The standard InChI is InChI=1S/C33H36FN5S.C2H2/c1-5-22(17-26(6-2)37-21(4)23-10-8-7-9-11-23)24-16-25(31(35)28(34)18-24)19-30-38-32-27(14-15-36-33(32)39-30)29-13-12-20(3)40-29;1-2/h5-6,12-18,23,37H,2,4,7-11,19,35H2,1,3H3,(H,36,38,39);1-2H/b22-5+,26-17+;. The summed E-state index contributed by atoms with van der Waals surface area (Å²) in [4.78, 5) is 15.0. The molecule has 1 saturated carbocycles. The van der Waals surface area contributed by atoms with Gasteiger partial charge in [-0.3, -0.25) is 0 Å². The summed E-state index contributed by atoms with van der Waals surface area (Å²) in [5, 5.41) is 3.45. The maximum Gasteiger partial charge on any atom is 0.178 e. The molecule has 7 heteroatoms. The molecule has 1 aliphatic rings. The predicted molar refractivity (Wildman–Crippen MR) is 176 cm³/mol. The van der Waals surface area contributed by atoms with Crippen molar-refractivity contribution in [2.75, 3.05) is 5.73 Å². The van der Waals surface area contributed by atoms with Crippen molar-refractivity contribution in [1.82, 2.24) is 20.3 Å². The van der Waals surface area contributed by atoms with E-state index in [4.69, 9.17) is 10.7 Å². The molecule has 0 radical (unpaired) electrons. The van der Waals surface area contributed by atoms with E-state index in [0.717, 1.165) is 51.3 Å². The van der Waals surface area contributed by atoms with Crippen LogP contribution in [0.3, 0.4) is 0 Å². The van der Waals surface area contributed by atoms with Crippen molar-refractivity contribution in [2.45, 2.75) is 52.4 Å². The summed E-state index contributed by atoms with van der Waals surface area (Å²) < 4.78 is 15.1. The topological polar surface area (TPSA) is 79.6 Å². The molecule has 0 bridgehead atoms. The van der Waals surface area contributed by atoms with Crippen LogP contribution in [0.15, 0.2) is 79.3 Å². The zero-order valence-electron chi connectivity index (χ0n) is 24.3. The van der Waals surface area contributed by atoms with Gasteiger partial charge >= 0.3 is 0 Å². The molecule has 0 saturated heterocycles. The number of thiophene rings is 1. The number of benzene rings is 1. The zero-order valence-corrected chi connectivity index (χ0v) is 25.2. The molecule has 0 spiro atoms. The number of nitrogens with zero attached hydrogens (tertiary/aromatic N) is 2. The minimum Gasteiger partial charge on any atom is -0.396 e. The van der Waals surface area contributed by atoms with Crippen LogP contribution in [0.2, 0.25) is 0 Å². The van der Waals surface area contributed by atoms with Crippen molar-refractivity contribution >= 4 is 33.8 Å². The Morgan fingerprint density at radius 1 is 1.21 bits per heavy atom. The van der Waals surface area contributed by atoms with E-state index in [-0.39, 0.29) is 5.69 Å². The van der Waals surface area contributed by atoms with Crippen LogP contribution in [0.4, 0.5) is 10.1 Å². The molecule has 4 aromatic rings. The molecule has 3 heterocycles. The third-order valence-corrected chi connectivity index (χ3v) is 8.63. The molecule has 0 amide bonds. The highest BCUT2D eigenvalue weighted by molar-refractivity contribution is 7.15. The summed E-state index contributed by atoms with van der Waals surface area (Å²) in [6.07, 6.45) is 21.9. The first-order chi connectivity index (χ1) is 20.4. The molecular weight excluding hydrogens is 541 g/mol. The van der Waals surface area contributed by atoms with Gasteiger partial charge in [0.1, 0.15) is 11.6 Å². The first-order valence-corrected chi connectivity index (χ1v) is 15.0. The zero-order chi connectivity index (χ0) is 30.2. The maximum absolute atomic E-state index is 15.1. The predicted octanol–water partition coefficient (Wildman–Crippen LogP) is 8.71. The molecule has 3 aromatic heterocycles. The minimum atomic E-state index is -0.455. The van der Waals surface area contributed by atoms with Crippen LogP contribution in [-0.4, -0.2) is 15.0 Å². The van der Waals surface area contributed by atoms with Crippen molar-refractivity contribution < 1.29 is 4.39 Å². The lowest BCUT2D eigenvalue weighted by molar-refractivity contribution is 0.393. The summed E-state index contributed by atoms with van der Waals surface area (Å²) in [6.45, 7) is 12.3. The van der Waals surface area contributed by atoms with E-state index in [9.17, 15) is 0 Å². The van der Waals surface area contributed by atoms with Gasteiger partial charge in [-0.1, -0.05) is 38.5 Å². The van der Waals surface area contributed by atoms with E-state index in [1.807, 2.05) is 31.2 Å². The van der Waals surface area contributed by atoms with Gasteiger partial charge in [0.2, 0.25) is 0 Å². The van der Waals surface area contributed by atoms with Crippen LogP contribution in [0, 0.1) is 31.5 Å². The smallest absolute Gasteiger partial charge is 0.178 e. The normalized spacial score (nSPS) is 14.3. The summed E-state index contributed by atoms with van der Waals surface area (Å²) in [5.41, 5.74) is 13.0. The van der Waals surface area contributed by atoms with E-state index in [1.54, 1.807) is 23.6 Å². The third kappa shape index (κ3) is 6.89. The quantitative estimate of drug-likeness (QED) is 0.105. The SMILES string of the molecule is C#C.C=C/C(=C\C(=C/C)c1cc(F)c(N)c(Cc2nc3nccc(-c4ccc(C)s4)c3[nH]2)c1)NC(=C)C1CCCCC1. The molecule has 0 atom stereocenters. The largest absolute Gasteiger partial charge is 0.396 e. The highest BCUT2D eigenvalue weighted by atomic mass is 32.1. The number of aromatic amines is 1. The summed E-state index contributed by atoms with van der Waals surface area (Å²) in [6, 6.07) is 9.62. The molecule has 5 nitrogen and oxygen atoms in total. The van der Waals surface area contributed by atoms with Crippen molar-refractivity contribution in [3.63, 3.8) is 0 Å². The van der Waals surface area contributed by atoms with Gasteiger partial charge in [0.15, 0.2) is 5.65 Å². The fourth-order valence-electron chi connectivity index (χ4n) is 5.38. The number of nitrogens with two attached hydrogens (primary N) is 1. The molecule has 5 rings (SSSR count). The second kappa shape index (κ2) is 14.0. The number of nitrogens with one attached hydrogen (secondary N) is 2. The summed E-state index contributed by atoms with van der Waals surface area (Å²) in [7, 11) is 0. The number of aryl methyl sites for hydroxylation is 1. The van der Waals surface area contributed by atoms with Gasteiger partial charge < -0.3 is 16.0 Å². The Morgan fingerprint density at radius 2 is 1.98 bits per heavy atom. The monoisotopic (exact) mass is 579 g/mol. The maximum atomic E-state index is 15.1. The van der Waals surface area contributed by atoms with Crippen LogP contribution in [0.1, 0.15) is 60.9 Å². The van der Waals surface area contributed by atoms with Crippen LogP contribution in [0.25, 0.3) is 27.2 Å². The van der Waals surface area contributed by atoms with Crippen LogP contribution in [0.5, 0.6) is 0 Å². The van der Waals surface area contributed by atoms with Crippen molar-refractivity contribution in [3.8, 4) is 23.3 Å². The average Bonchev–Trinajstić information content (AvgIpc) is 3.64. The Hall–Kier alpha value is -4.41. The van der Waals surface area contributed by atoms with Gasteiger partial charge in [-0.25, -0.2) is 14.4 Å². The number of allylic oxidation sites excluding steroid dienone is 5. The van der Waals surface area contributed by atoms with E-state index < -0.39 is 5.82 Å². The lowest BCUT2D eigenvalue weighted by Crippen LogP contribution is -2.20. The first-order valence-electron chi connectivity index (χ1n) is 14.1. The van der Waals surface area contributed by atoms with Crippen molar-refractivity contribution in [3.05, 3.63) is 107 Å². The summed E-state index contributed by atoms with van der Waals surface area (Å²) in [5.74, 6) is 0.694. The Morgan fingerprint density at radius 3 is 2.64 bits per heavy atom. The number of hydrogen-bond acceptors (Lipinski definition) is 5. The molecule has 1 aromatic carbocycles. The van der Waals surface area contributed by atoms with Gasteiger partial charge in [-0.2, -0.15) is 0 Å². The molecule has 42 heavy (non-hydrogen) atoms. The lowest BCUT2D eigenvalue weighted by atomic mass is 9.87. The van der Waals surface area contributed by atoms with E-state index in [0.29, 0.717) is 29.4 Å². The number of imidazole rings is 1. The van der Waals surface area contributed by atoms with Crippen molar-refractivity contribution in [1.29, 1.82) is 0 Å². The van der Waals surface area contributed by atoms with Gasteiger partial charge in [0.25, 0.3) is 0 Å². The number of fused-ring (bicyclic) bond motifs is 1. The van der Waals surface area contributed by atoms with E-state index in [2.05, 4.69) is 60.3 Å². The first kappa shape index (κ1) is 30.5. The number of aromatic nitrogens is 3. The molecule has 0 unspecified atom stereocenters. The van der Waals surface area contributed by atoms with Crippen LogP contribution < -0.4 is 11.1 Å². The fraction of sp³-hybridized carbons (Fsp3) is 0.257. The number of pyridine rings is 1. The molecule has 1 fully saturated rings. The molecule has 1 aliphatic carbocycles. The van der Waals surface area contributed by atoms with Gasteiger partial charge in [-0.15, -0.1) is 24.2 Å². The number of rotatable bonds is 9. The Labute approximate surface area is 252 Å². The highest BCUT2D eigenvalue weighted by Gasteiger charge is 2.18. The lowest BCUT2D eigenvalue weighted by Gasteiger charge is -2.25.